The Hall–Kier alpha value is -2.10. The SMILES string of the molecule is CC(C)N(C)S(=O)(=O)c1ccc(Cl)c(C(=O)NCc2ccc(C(F)(F)F)cc2)c1. The van der Waals surface area contributed by atoms with Crippen LogP contribution in [0.1, 0.15) is 35.3 Å². The number of nitrogens with one attached hydrogen (secondary N) is 1. The van der Waals surface area contributed by atoms with Crippen LogP contribution in [0.3, 0.4) is 0 Å². The number of carbonyl (C=O) groups is 1. The van der Waals surface area contributed by atoms with Crippen LogP contribution in [0, 0.1) is 0 Å². The van der Waals surface area contributed by atoms with Crippen molar-refractivity contribution in [3.63, 3.8) is 0 Å². The van der Waals surface area contributed by atoms with Gasteiger partial charge in [-0.3, -0.25) is 4.79 Å². The fourth-order valence-corrected chi connectivity index (χ4v) is 3.97. The first-order valence-corrected chi connectivity index (χ1v) is 10.4. The minimum Gasteiger partial charge on any atom is -0.348 e. The van der Waals surface area contributed by atoms with E-state index in [0.29, 0.717) is 5.56 Å². The summed E-state index contributed by atoms with van der Waals surface area (Å²) in [4.78, 5) is 12.4. The van der Waals surface area contributed by atoms with Crippen molar-refractivity contribution in [2.45, 2.75) is 37.5 Å². The molecule has 0 fully saturated rings. The molecule has 29 heavy (non-hydrogen) atoms. The van der Waals surface area contributed by atoms with Gasteiger partial charge in [0, 0.05) is 19.6 Å². The minimum absolute atomic E-state index is 0.0446. The Morgan fingerprint density at radius 1 is 1.14 bits per heavy atom. The highest BCUT2D eigenvalue weighted by molar-refractivity contribution is 7.89. The van der Waals surface area contributed by atoms with Gasteiger partial charge in [0.1, 0.15) is 0 Å². The van der Waals surface area contributed by atoms with Crippen molar-refractivity contribution in [3.05, 3.63) is 64.2 Å². The molecule has 1 amide bonds. The molecule has 0 saturated heterocycles. The van der Waals surface area contributed by atoms with Gasteiger partial charge in [0.15, 0.2) is 0 Å². The zero-order chi connectivity index (χ0) is 22.0. The van der Waals surface area contributed by atoms with E-state index < -0.39 is 27.7 Å². The van der Waals surface area contributed by atoms with E-state index in [2.05, 4.69) is 5.32 Å². The molecule has 2 aromatic rings. The molecule has 10 heteroatoms. The molecule has 5 nitrogen and oxygen atoms in total. The number of carbonyl (C=O) groups excluding carboxylic acids is 1. The molecule has 0 aliphatic rings. The largest absolute Gasteiger partial charge is 0.416 e. The highest BCUT2D eigenvalue weighted by atomic mass is 35.5. The van der Waals surface area contributed by atoms with Gasteiger partial charge in [0.05, 0.1) is 21.0 Å². The van der Waals surface area contributed by atoms with Crippen molar-refractivity contribution >= 4 is 27.5 Å². The van der Waals surface area contributed by atoms with E-state index in [1.54, 1.807) is 13.8 Å². The van der Waals surface area contributed by atoms with Crippen molar-refractivity contribution in [2.75, 3.05) is 7.05 Å². The molecule has 2 rings (SSSR count). The van der Waals surface area contributed by atoms with E-state index in [-0.39, 0.29) is 28.1 Å². The summed E-state index contributed by atoms with van der Waals surface area (Å²) in [6, 6.07) is 7.86. The maximum absolute atomic E-state index is 12.6. The Labute approximate surface area is 172 Å². The Bertz CT molecular complexity index is 991. The number of hydrogen-bond acceptors (Lipinski definition) is 3. The molecular weight excluding hydrogens is 429 g/mol. The Balaban J connectivity index is 2.19. The number of sulfonamides is 1. The summed E-state index contributed by atoms with van der Waals surface area (Å²) in [7, 11) is -2.38. The van der Waals surface area contributed by atoms with Crippen molar-refractivity contribution in [1.29, 1.82) is 0 Å². The van der Waals surface area contributed by atoms with E-state index in [4.69, 9.17) is 11.6 Å². The van der Waals surface area contributed by atoms with Crippen LogP contribution in [-0.2, 0) is 22.7 Å². The van der Waals surface area contributed by atoms with E-state index in [1.165, 1.54) is 41.7 Å². The lowest BCUT2D eigenvalue weighted by Gasteiger charge is -2.21. The number of nitrogens with zero attached hydrogens (tertiary/aromatic N) is 1. The zero-order valence-electron chi connectivity index (χ0n) is 15.9. The Kier molecular flexibility index (Phi) is 6.97. The third-order valence-electron chi connectivity index (χ3n) is 4.32. The van der Waals surface area contributed by atoms with Crippen molar-refractivity contribution in [2.24, 2.45) is 0 Å². The number of rotatable bonds is 6. The summed E-state index contributed by atoms with van der Waals surface area (Å²) in [5, 5.41) is 2.59. The van der Waals surface area contributed by atoms with Gasteiger partial charge >= 0.3 is 6.18 Å². The predicted octanol–water partition coefficient (Wildman–Crippen LogP) is 4.32. The van der Waals surface area contributed by atoms with Crippen LogP contribution in [-0.4, -0.2) is 31.7 Å². The predicted molar refractivity (Wildman–Crippen MR) is 104 cm³/mol. The highest BCUT2D eigenvalue weighted by Crippen LogP contribution is 2.29. The lowest BCUT2D eigenvalue weighted by molar-refractivity contribution is -0.137. The average Bonchev–Trinajstić information content (AvgIpc) is 2.65. The molecule has 0 atom stereocenters. The number of alkyl halides is 3. The molecule has 1 N–H and O–H groups in total. The first kappa shape index (κ1) is 23.2. The van der Waals surface area contributed by atoms with Crippen LogP contribution in [0.15, 0.2) is 47.4 Å². The van der Waals surface area contributed by atoms with Gasteiger partial charge in [0.25, 0.3) is 5.91 Å². The standard InChI is InChI=1S/C19H20ClF3N2O3S/c1-12(2)25(3)29(27,28)15-8-9-17(20)16(10-15)18(26)24-11-13-4-6-14(7-5-13)19(21,22)23/h4-10,12H,11H2,1-3H3,(H,24,26). The normalized spacial score (nSPS) is 12.4. The number of halogens is 4. The molecule has 0 aliphatic heterocycles. The lowest BCUT2D eigenvalue weighted by atomic mass is 10.1. The molecule has 0 spiro atoms. The van der Waals surface area contributed by atoms with Crippen molar-refractivity contribution in [3.8, 4) is 0 Å². The molecule has 0 bridgehead atoms. The molecule has 2 aromatic carbocycles. The van der Waals surface area contributed by atoms with Crippen LogP contribution in [0.2, 0.25) is 5.02 Å². The number of hydrogen-bond donors (Lipinski definition) is 1. The molecule has 0 heterocycles. The average molecular weight is 449 g/mol. The minimum atomic E-state index is -4.44. The van der Waals surface area contributed by atoms with Crippen LogP contribution in [0.4, 0.5) is 13.2 Å². The van der Waals surface area contributed by atoms with E-state index in [9.17, 15) is 26.4 Å². The highest BCUT2D eigenvalue weighted by Gasteiger charge is 2.30. The van der Waals surface area contributed by atoms with Gasteiger partial charge in [0.2, 0.25) is 10.0 Å². The summed E-state index contributed by atoms with van der Waals surface area (Å²) in [6.07, 6.45) is -4.44. The first-order chi connectivity index (χ1) is 13.3. The van der Waals surface area contributed by atoms with Gasteiger partial charge in [-0.2, -0.15) is 17.5 Å². The third kappa shape index (κ3) is 5.49. The van der Waals surface area contributed by atoms with Crippen LogP contribution in [0.5, 0.6) is 0 Å². The van der Waals surface area contributed by atoms with Gasteiger partial charge in [-0.1, -0.05) is 23.7 Å². The molecule has 0 unspecified atom stereocenters. The Morgan fingerprint density at radius 2 is 1.72 bits per heavy atom. The molecular formula is C19H20ClF3N2O3S. The summed E-state index contributed by atoms with van der Waals surface area (Å²) in [5.74, 6) is -0.640. The van der Waals surface area contributed by atoms with Gasteiger partial charge in [-0.15, -0.1) is 0 Å². The molecule has 158 valence electrons. The number of amides is 1. The molecule has 0 radical (unpaired) electrons. The van der Waals surface area contributed by atoms with Crippen molar-refractivity contribution in [1.82, 2.24) is 9.62 Å². The van der Waals surface area contributed by atoms with Gasteiger partial charge < -0.3 is 5.32 Å². The quantitative estimate of drug-likeness (QED) is 0.715. The second kappa shape index (κ2) is 8.73. The third-order valence-corrected chi connectivity index (χ3v) is 6.68. The second-order valence-corrected chi connectivity index (χ2v) is 9.04. The lowest BCUT2D eigenvalue weighted by Crippen LogP contribution is -2.33. The monoisotopic (exact) mass is 448 g/mol. The van der Waals surface area contributed by atoms with Crippen LogP contribution in [0.25, 0.3) is 0 Å². The van der Waals surface area contributed by atoms with Gasteiger partial charge in [-0.25, -0.2) is 8.42 Å². The summed E-state index contributed by atoms with van der Waals surface area (Å²) in [6.45, 7) is 3.38. The Morgan fingerprint density at radius 3 is 2.24 bits per heavy atom. The molecule has 0 saturated carbocycles. The van der Waals surface area contributed by atoms with Crippen molar-refractivity contribution < 1.29 is 26.4 Å². The maximum Gasteiger partial charge on any atom is 0.416 e. The summed E-state index contributed by atoms with van der Waals surface area (Å²) >= 11 is 6.04. The molecule has 0 aromatic heterocycles. The maximum atomic E-state index is 12.6. The van der Waals surface area contributed by atoms with Crippen LogP contribution < -0.4 is 5.32 Å². The van der Waals surface area contributed by atoms with Crippen LogP contribution >= 0.6 is 11.6 Å². The fourth-order valence-electron chi connectivity index (χ4n) is 2.37. The second-order valence-electron chi connectivity index (χ2n) is 6.63. The fraction of sp³-hybridized carbons (Fsp3) is 0.316. The summed E-state index contributed by atoms with van der Waals surface area (Å²) < 4.78 is 64.2. The van der Waals surface area contributed by atoms with E-state index in [1.807, 2.05) is 0 Å². The van der Waals surface area contributed by atoms with E-state index >= 15 is 0 Å². The van der Waals surface area contributed by atoms with Gasteiger partial charge in [-0.05, 0) is 49.7 Å². The zero-order valence-corrected chi connectivity index (χ0v) is 17.5. The first-order valence-electron chi connectivity index (χ1n) is 8.56. The molecule has 0 aliphatic carbocycles. The topological polar surface area (TPSA) is 66.5 Å². The number of benzene rings is 2. The smallest absolute Gasteiger partial charge is 0.348 e. The summed E-state index contributed by atoms with van der Waals surface area (Å²) in [5.41, 5.74) is -0.384. The van der Waals surface area contributed by atoms with E-state index in [0.717, 1.165) is 12.1 Å².